The molecule has 1 N–H and O–H groups in total. The van der Waals surface area contributed by atoms with Crippen LogP contribution < -0.4 is 5.43 Å². The number of hydrogen-bond acceptors (Lipinski definition) is 1. The van der Waals surface area contributed by atoms with Gasteiger partial charge in [0.2, 0.25) is 0 Å². The third-order valence-corrected chi connectivity index (χ3v) is 3.76. The quantitative estimate of drug-likeness (QED) is 0.698. The van der Waals surface area contributed by atoms with Gasteiger partial charge in [0, 0.05) is 28.1 Å². The lowest BCUT2D eigenvalue weighted by molar-refractivity contribution is 0.571. The van der Waals surface area contributed by atoms with Crippen LogP contribution in [0.25, 0.3) is 22.0 Å². The Hall–Kier alpha value is -2.35. The molecule has 0 fully saturated rings. The summed E-state index contributed by atoms with van der Waals surface area (Å²) in [5, 5.41) is 0.740. The maximum Gasteiger partial charge on any atom is 0.189 e. The summed E-state index contributed by atoms with van der Waals surface area (Å²) in [6, 6.07) is 17.8. The van der Waals surface area contributed by atoms with Crippen LogP contribution in [0.1, 0.15) is 26.5 Å². The lowest BCUT2D eigenvalue weighted by Crippen LogP contribution is -2.17. The van der Waals surface area contributed by atoms with E-state index in [2.05, 4.69) is 44.0 Å². The van der Waals surface area contributed by atoms with Gasteiger partial charge in [-0.25, -0.2) is 0 Å². The fourth-order valence-electron chi connectivity index (χ4n) is 2.53. The van der Waals surface area contributed by atoms with Crippen molar-refractivity contribution in [3.05, 3.63) is 70.5 Å². The van der Waals surface area contributed by atoms with E-state index in [1.54, 1.807) is 6.07 Å². The molecule has 0 radical (unpaired) electrons. The lowest BCUT2D eigenvalue weighted by Gasteiger charge is -2.20. The first kappa shape index (κ1) is 13.6. The summed E-state index contributed by atoms with van der Waals surface area (Å²) >= 11 is 0. The van der Waals surface area contributed by atoms with Crippen molar-refractivity contribution in [3.8, 4) is 11.1 Å². The van der Waals surface area contributed by atoms with Crippen LogP contribution in [-0.2, 0) is 5.41 Å². The van der Waals surface area contributed by atoms with Gasteiger partial charge in [-0.1, -0.05) is 63.2 Å². The zero-order valence-electron chi connectivity index (χ0n) is 12.6. The van der Waals surface area contributed by atoms with Gasteiger partial charge in [-0.15, -0.1) is 0 Å². The fourth-order valence-corrected chi connectivity index (χ4v) is 2.53. The molecule has 0 amide bonds. The molecule has 0 unspecified atom stereocenters. The second-order valence-electron chi connectivity index (χ2n) is 6.39. The van der Waals surface area contributed by atoms with Gasteiger partial charge in [0.15, 0.2) is 5.43 Å². The molecule has 1 heterocycles. The minimum Gasteiger partial charge on any atom is -0.357 e. The van der Waals surface area contributed by atoms with Crippen molar-refractivity contribution >= 4 is 10.9 Å². The number of hydrogen-bond donors (Lipinski definition) is 1. The molecule has 3 rings (SSSR count). The molecule has 3 aromatic rings. The van der Waals surface area contributed by atoms with E-state index in [0.717, 1.165) is 27.7 Å². The van der Waals surface area contributed by atoms with Crippen molar-refractivity contribution in [1.29, 1.82) is 0 Å². The molecule has 0 spiro atoms. The van der Waals surface area contributed by atoms with Crippen LogP contribution in [0.3, 0.4) is 0 Å². The predicted molar refractivity (Wildman–Crippen MR) is 88.7 cm³/mol. The van der Waals surface area contributed by atoms with E-state index in [4.69, 9.17) is 0 Å². The second kappa shape index (κ2) is 4.88. The topological polar surface area (TPSA) is 32.9 Å². The van der Waals surface area contributed by atoms with Crippen molar-refractivity contribution in [2.24, 2.45) is 0 Å². The van der Waals surface area contributed by atoms with Crippen LogP contribution in [0.4, 0.5) is 0 Å². The Balaban J connectivity index is 2.37. The first-order valence-electron chi connectivity index (χ1n) is 7.19. The van der Waals surface area contributed by atoms with Crippen LogP contribution in [-0.4, -0.2) is 4.98 Å². The summed E-state index contributed by atoms with van der Waals surface area (Å²) < 4.78 is 0. The van der Waals surface area contributed by atoms with Crippen LogP contribution in [0, 0.1) is 0 Å². The van der Waals surface area contributed by atoms with E-state index in [-0.39, 0.29) is 10.8 Å². The summed E-state index contributed by atoms with van der Waals surface area (Å²) in [5.41, 5.74) is 4.05. The molecule has 0 bridgehead atoms. The second-order valence-corrected chi connectivity index (χ2v) is 6.39. The Morgan fingerprint density at radius 1 is 0.905 bits per heavy atom. The van der Waals surface area contributed by atoms with E-state index in [1.165, 1.54) is 0 Å². The predicted octanol–water partition coefficient (Wildman–Crippen LogP) is 4.49. The van der Waals surface area contributed by atoms with Crippen molar-refractivity contribution in [2.75, 3.05) is 0 Å². The lowest BCUT2D eigenvalue weighted by atomic mass is 9.90. The molecule has 21 heavy (non-hydrogen) atoms. The Labute approximate surface area is 124 Å². The van der Waals surface area contributed by atoms with E-state index in [1.807, 2.05) is 30.3 Å². The number of nitrogens with one attached hydrogen (secondary N) is 1. The highest BCUT2D eigenvalue weighted by Gasteiger charge is 2.17. The van der Waals surface area contributed by atoms with E-state index in [0.29, 0.717) is 0 Å². The number of fused-ring (bicyclic) bond motifs is 1. The summed E-state index contributed by atoms with van der Waals surface area (Å²) in [6.45, 7) is 6.32. The molecule has 0 aliphatic rings. The molecular weight excluding hydrogens is 258 g/mol. The standard InChI is InChI=1S/C19H19NO/c1-19(2,3)17-12-16(21)15-11-7-10-14(18(15)20-17)13-8-5-4-6-9-13/h4-12H,1-3H3,(H,20,21). The molecule has 2 aromatic carbocycles. The molecule has 2 heteroatoms. The maximum absolute atomic E-state index is 12.4. The Morgan fingerprint density at radius 3 is 2.29 bits per heavy atom. The third-order valence-electron chi connectivity index (χ3n) is 3.76. The van der Waals surface area contributed by atoms with Crippen LogP contribution in [0.2, 0.25) is 0 Å². The van der Waals surface area contributed by atoms with Gasteiger partial charge in [-0.2, -0.15) is 0 Å². The Morgan fingerprint density at radius 2 is 1.62 bits per heavy atom. The third kappa shape index (κ3) is 2.49. The average molecular weight is 277 g/mol. The number of benzene rings is 2. The summed E-state index contributed by atoms with van der Waals surface area (Å²) in [6.07, 6.45) is 0. The molecule has 106 valence electrons. The van der Waals surface area contributed by atoms with Crippen molar-refractivity contribution in [3.63, 3.8) is 0 Å². The van der Waals surface area contributed by atoms with Gasteiger partial charge >= 0.3 is 0 Å². The van der Waals surface area contributed by atoms with Gasteiger partial charge in [-0.05, 0) is 11.6 Å². The molecule has 0 aliphatic heterocycles. The Kier molecular flexibility index (Phi) is 3.17. The smallest absolute Gasteiger partial charge is 0.189 e. The summed E-state index contributed by atoms with van der Waals surface area (Å²) in [7, 11) is 0. The van der Waals surface area contributed by atoms with Gasteiger partial charge in [-0.3, -0.25) is 4.79 Å². The SMILES string of the molecule is CC(C)(C)c1cc(=O)c2cccc(-c3ccccc3)c2[nH]1. The van der Waals surface area contributed by atoms with Crippen LogP contribution in [0.5, 0.6) is 0 Å². The van der Waals surface area contributed by atoms with Crippen molar-refractivity contribution in [2.45, 2.75) is 26.2 Å². The molecule has 1 aromatic heterocycles. The first-order valence-corrected chi connectivity index (χ1v) is 7.19. The van der Waals surface area contributed by atoms with Gasteiger partial charge < -0.3 is 4.98 Å². The molecule has 0 atom stereocenters. The molecule has 0 saturated carbocycles. The molecule has 0 saturated heterocycles. The summed E-state index contributed by atoms with van der Waals surface area (Å²) in [5.74, 6) is 0. The normalized spacial score (nSPS) is 11.8. The van der Waals surface area contributed by atoms with Crippen molar-refractivity contribution in [1.82, 2.24) is 4.98 Å². The maximum atomic E-state index is 12.4. The van der Waals surface area contributed by atoms with Crippen molar-refractivity contribution < 1.29 is 0 Å². The number of H-pyrrole nitrogens is 1. The highest BCUT2D eigenvalue weighted by Crippen LogP contribution is 2.28. The number of rotatable bonds is 1. The largest absolute Gasteiger partial charge is 0.357 e. The van der Waals surface area contributed by atoms with Gasteiger partial charge in [0.25, 0.3) is 0 Å². The van der Waals surface area contributed by atoms with Crippen LogP contribution >= 0.6 is 0 Å². The molecule has 2 nitrogen and oxygen atoms in total. The molecule has 0 aliphatic carbocycles. The highest BCUT2D eigenvalue weighted by atomic mass is 16.1. The minimum atomic E-state index is -0.0862. The summed E-state index contributed by atoms with van der Waals surface area (Å²) in [4.78, 5) is 15.9. The Bertz CT molecular complexity index is 839. The number of para-hydroxylation sites is 1. The first-order chi connectivity index (χ1) is 9.97. The molecular formula is C19H19NO. The minimum absolute atomic E-state index is 0.0754. The van der Waals surface area contributed by atoms with Crippen LogP contribution in [0.15, 0.2) is 59.4 Å². The highest BCUT2D eigenvalue weighted by molar-refractivity contribution is 5.93. The van der Waals surface area contributed by atoms with E-state index in [9.17, 15) is 4.79 Å². The van der Waals surface area contributed by atoms with Gasteiger partial charge in [0.1, 0.15) is 0 Å². The zero-order valence-corrected chi connectivity index (χ0v) is 12.6. The van der Waals surface area contributed by atoms with E-state index >= 15 is 0 Å². The van der Waals surface area contributed by atoms with E-state index < -0.39 is 0 Å². The average Bonchev–Trinajstić information content (AvgIpc) is 2.46. The zero-order chi connectivity index (χ0) is 15.0. The number of aromatic nitrogens is 1. The number of pyridine rings is 1. The fraction of sp³-hybridized carbons (Fsp3) is 0.211. The number of aromatic amines is 1. The monoisotopic (exact) mass is 277 g/mol. The van der Waals surface area contributed by atoms with Gasteiger partial charge in [0.05, 0.1) is 5.52 Å².